The maximum atomic E-state index is 12.7. The molecule has 0 aliphatic carbocycles. The van der Waals surface area contributed by atoms with Gasteiger partial charge < -0.3 is 34.9 Å². The molecule has 0 bridgehead atoms. The van der Waals surface area contributed by atoms with Crippen molar-refractivity contribution in [2.45, 2.75) is 38.1 Å². The SMILES string of the molecule is O=C(NCc1ccc([C@H]2O[C@@H](CN3CCN(c4ncccn4)CC3)C[C@@H](c3ccc(CO)cc3)O2)cc1)Nc1ccc(Oc2ccccc2)cc1. The van der Waals surface area contributed by atoms with E-state index in [0.29, 0.717) is 18.0 Å². The molecule has 11 heteroatoms. The van der Waals surface area contributed by atoms with Gasteiger partial charge in [-0.3, -0.25) is 4.90 Å². The summed E-state index contributed by atoms with van der Waals surface area (Å²) < 4.78 is 19.0. The second kappa shape index (κ2) is 16.6. The third-order valence-corrected chi connectivity index (χ3v) is 9.08. The number of carbonyl (C=O) groups is 1. The lowest BCUT2D eigenvalue weighted by atomic mass is 9.99. The van der Waals surface area contributed by atoms with Crippen molar-refractivity contribution in [3.8, 4) is 11.5 Å². The summed E-state index contributed by atoms with van der Waals surface area (Å²) in [6, 6.07) is 34.2. The smallest absolute Gasteiger partial charge is 0.319 e. The van der Waals surface area contributed by atoms with Crippen LogP contribution in [-0.2, 0) is 22.6 Å². The summed E-state index contributed by atoms with van der Waals surface area (Å²) in [5.74, 6) is 2.21. The Hall–Kier alpha value is -5.33. The predicted molar refractivity (Wildman–Crippen MR) is 194 cm³/mol. The molecule has 1 aromatic heterocycles. The predicted octanol–water partition coefficient (Wildman–Crippen LogP) is 6.45. The molecule has 11 nitrogen and oxygen atoms in total. The van der Waals surface area contributed by atoms with Crippen molar-refractivity contribution in [2.24, 2.45) is 0 Å². The van der Waals surface area contributed by atoms with Crippen molar-refractivity contribution in [1.29, 1.82) is 0 Å². The minimum absolute atomic E-state index is 0.000738. The number of hydrogen-bond acceptors (Lipinski definition) is 9. The van der Waals surface area contributed by atoms with Gasteiger partial charge in [-0.15, -0.1) is 0 Å². The van der Waals surface area contributed by atoms with Gasteiger partial charge in [0.15, 0.2) is 6.29 Å². The van der Waals surface area contributed by atoms with Gasteiger partial charge in [0.25, 0.3) is 0 Å². The molecule has 262 valence electrons. The second-order valence-electron chi connectivity index (χ2n) is 12.7. The lowest BCUT2D eigenvalue weighted by Gasteiger charge is -2.40. The van der Waals surface area contributed by atoms with Crippen molar-refractivity contribution in [3.05, 3.63) is 144 Å². The molecule has 5 aromatic rings. The first-order chi connectivity index (χ1) is 25.1. The zero-order valence-corrected chi connectivity index (χ0v) is 28.3. The number of rotatable bonds is 11. The minimum atomic E-state index is -0.551. The Morgan fingerprint density at radius 2 is 1.43 bits per heavy atom. The standard InChI is InChI=1S/C40H42N6O5/c47-28-30-9-11-31(12-10-30)37-25-36(27-45-21-23-46(24-22-45)39-41-19-4-20-42-39)50-38(51-37)32-13-7-29(8-14-32)26-43-40(48)44-33-15-17-35(18-16-33)49-34-5-2-1-3-6-34/h1-20,36-38,47H,21-28H2,(H2,43,44,48)/t36-,37+,38+/m1/s1. The molecule has 4 aromatic carbocycles. The van der Waals surface area contributed by atoms with E-state index in [2.05, 4.69) is 30.4 Å². The van der Waals surface area contributed by atoms with Crippen molar-refractivity contribution in [3.63, 3.8) is 0 Å². The Labute approximate surface area is 297 Å². The molecule has 2 fully saturated rings. The van der Waals surface area contributed by atoms with E-state index in [4.69, 9.17) is 14.2 Å². The number of aromatic nitrogens is 2. The maximum Gasteiger partial charge on any atom is 0.319 e. The molecule has 2 amide bonds. The highest BCUT2D eigenvalue weighted by atomic mass is 16.7. The number of anilines is 2. The van der Waals surface area contributed by atoms with E-state index >= 15 is 0 Å². The van der Waals surface area contributed by atoms with E-state index in [0.717, 1.165) is 73.1 Å². The maximum absolute atomic E-state index is 12.7. The van der Waals surface area contributed by atoms with Crippen LogP contribution in [-0.4, -0.2) is 64.8 Å². The highest BCUT2D eigenvalue weighted by Gasteiger charge is 2.34. The Bertz CT molecular complexity index is 1820. The number of hydrogen-bond donors (Lipinski definition) is 3. The van der Waals surface area contributed by atoms with Crippen molar-refractivity contribution in [1.82, 2.24) is 20.2 Å². The fourth-order valence-corrected chi connectivity index (χ4v) is 6.29. The van der Waals surface area contributed by atoms with Gasteiger partial charge in [-0.05, 0) is 59.2 Å². The number of benzene rings is 4. The number of ether oxygens (including phenoxy) is 3. The van der Waals surface area contributed by atoms with Crippen molar-refractivity contribution in [2.75, 3.05) is 42.9 Å². The number of amides is 2. The number of nitrogens with one attached hydrogen (secondary N) is 2. The van der Waals surface area contributed by atoms with E-state index in [1.54, 1.807) is 24.5 Å². The van der Waals surface area contributed by atoms with Crippen LogP contribution in [0.2, 0.25) is 0 Å². The van der Waals surface area contributed by atoms with Crippen LogP contribution < -0.4 is 20.3 Å². The molecule has 7 rings (SSSR count). The second-order valence-corrected chi connectivity index (χ2v) is 12.7. The zero-order chi connectivity index (χ0) is 34.8. The fourth-order valence-electron chi connectivity index (χ4n) is 6.29. The minimum Gasteiger partial charge on any atom is -0.457 e. The normalized spacial score (nSPS) is 19.3. The van der Waals surface area contributed by atoms with Gasteiger partial charge >= 0.3 is 6.03 Å². The number of carbonyl (C=O) groups excluding carboxylic acids is 1. The Morgan fingerprint density at radius 1 is 0.765 bits per heavy atom. The first kappa shape index (κ1) is 34.1. The molecule has 51 heavy (non-hydrogen) atoms. The topological polar surface area (TPSA) is 121 Å². The highest BCUT2D eigenvalue weighted by Crippen LogP contribution is 2.38. The zero-order valence-electron chi connectivity index (χ0n) is 28.3. The van der Waals surface area contributed by atoms with Crippen molar-refractivity contribution >= 4 is 17.7 Å². The third kappa shape index (κ3) is 9.27. The summed E-state index contributed by atoms with van der Waals surface area (Å²) in [6.45, 7) is 4.63. The van der Waals surface area contributed by atoms with Gasteiger partial charge in [0.2, 0.25) is 5.95 Å². The van der Waals surface area contributed by atoms with Gasteiger partial charge in [-0.25, -0.2) is 14.8 Å². The number of aliphatic hydroxyl groups is 1. The molecule has 2 aliphatic rings. The molecule has 3 atom stereocenters. The quantitative estimate of drug-likeness (QED) is 0.144. The Balaban J connectivity index is 0.944. The van der Waals surface area contributed by atoms with E-state index < -0.39 is 6.29 Å². The van der Waals surface area contributed by atoms with Gasteiger partial charge in [-0.1, -0.05) is 66.7 Å². The lowest BCUT2D eigenvalue weighted by Crippen LogP contribution is -2.50. The lowest BCUT2D eigenvalue weighted by molar-refractivity contribution is -0.253. The molecule has 0 unspecified atom stereocenters. The van der Waals surface area contributed by atoms with Crippen LogP contribution in [0.1, 0.15) is 41.1 Å². The highest BCUT2D eigenvalue weighted by molar-refractivity contribution is 5.89. The Morgan fingerprint density at radius 3 is 2.14 bits per heavy atom. The fraction of sp³-hybridized carbons (Fsp3) is 0.275. The number of para-hydroxylation sites is 1. The summed E-state index contributed by atoms with van der Waals surface area (Å²) in [5.41, 5.74) is 4.44. The van der Waals surface area contributed by atoms with Crippen LogP contribution in [0.5, 0.6) is 11.5 Å². The van der Waals surface area contributed by atoms with Crippen LogP contribution in [0.25, 0.3) is 0 Å². The van der Waals surface area contributed by atoms with Crippen LogP contribution in [0, 0.1) is 0 Å². The molecule has 2 aliphatic heterocycles. The van der Waals surface area contributed by atoms with E-state index in [-0.39, 0.29) is 24.8 Å². The summed E-state index contributed by atoms with van der Waals surface area (Å²) in [4.78, 5) is 26.1. The molecular weight excluding hydrogens is 644 g/mol. The van der Waals surface area contributed by atoms with Gasteiger partial charge in [0, 0.05) is 69.3 Å². The monoisotopic (exact) mass is 686 g/mol. The van der Waals surface area contributed by atoms with Gasteiger partial charge in [0.05, 0.1) is 18.8 Å². The van der Waals surface area contributed by atoms with Gasteiger partial charge in [0.1, 0.15) is 11.5 Å². The first-order valence-electron chi connectivity index (χ1n) is 17.3. The first-order valence-corrected chi connectivity index (χ1v) is 17.3. The number of aliphatic hydroxyl groups excluding tert-OH is 1. The molecular formula is C40H42N6O5. The van der Waals surface area contributed by atoms with E-state index in [1.807, 2.05) is 97.1 Å². The molecule has 0 saturated carbocycles. The van der Waals surface area contributed by atoms with E-state index in [9.17, 15) is 9.90 Å². The summed E-state index contributed by atoms with van der Waals surface area (Å²) in [7, 11) is 0. The van der Waals surface area contributed by atoms with Crippen molar-refractivity contribution < 1.29 is 24.1 Å². The molecule has 0 spiro atoms. The molecule has 3 N–H and O–H groups in total. The summed E-state index contributed by atoms with van der Waals surface area (Å²) >= 11 is 0. The summed E-state index contributed by atoms with van der Waals surface area (Å²) in [5, 5.41) is 15.4. The van der Waals surface area contributed by atoms with Crippen LogP contribution >= 0.6 is 0 Å². The third-order valence-electron chi connectivity index (χ3n) is 9.08. The summed E-state index contributed by atoms with van der Waals surface area (Å²) in [6.07, 6.45) is 3.52. The number of urea groups is 1. The van der Waals surface area contributed by atoms with E-state index in [1.165, 1.54) is 0 Å². The largest absolute Gasteiger partial charge is 0.457 e. The average Bonchev–Trinajstić information content (AvgIpc) is 3.19. The number of piperazine rings is 1. The van der Waals surface area contributed by atoms with Crippen LogP contribution in [0.4, 0.5) is 16.4 Å². The average molecular weight is 687 g/mol. The van der Waals surface area contributed by atoms with Crippen LogP contribution in [0.3, 0.4) is 0 Å². The number of nitrogens with zero attached hydrogens (tertiary/aromatic N) is 4. The van der Waals surface area contributed by atoms with Crippen LogP contribution in [0.15, 0.2) is 122 Å². The molecule has 2 saturated heterocycles. The molecule has 0 radical (unpaired) electrons. The molecule has 3 heterocycles. The Kier molecular flexibility index (Phi) is 11.1. The van der Waals surface area contributed by atoms with Gasteiger partial charge in [-0.2, -0.15) is 0 Å².